The summed E-state index contributed by atoms with van der Waals surface area (Å²) in [6.45, 7) is 7.27. The molecule has 0 unspecified atom stereocenters. The molecule has 5 heteroatoms. The van der Waals surface area contributed by atoms with E-state index in [4.69, 9.17) is 4.98 Å². The zero-order valence-corrected chi connectivity index (χ0v) is 15.3. The predicted octanol–water partition coefficient (Wildman–Crippen LogP) is 3.88. The molecule has 0 saturated carbocycles. The van der Waals surface area contributed by atoms with Crippen LogP contribution >= 0.6 is 11.3 Å². The fourth-order valence-electron chi connectivity index (χ4n) is 3.13. The summed E-state index contributed by atoms with van der Waals surface area (Å²) < 4.78 is 1.23. The van der Waals surface area contributed by atoms with Crippen LogP contribution in [0.25, 0.3) is 10.2 Å². The molecule has 0 atom stereocenters. The third-order valence-electron chi connectivity index (χ3n) is 4.67. The summed E-state index contributed by atoms with van der Waals surface area (Å²) >= 11 is 1.74. The normalized spacial score (nSPS) is 15.0. The van der Waals surface area contributed by atoms with Crippen molar-refractivity contribution in [3.05, 3.63) is 59.2 Å². The van der Waals surface area contributed by atoms with Crippen molar-refractivity contribution in [1.82, 2.24) is 9.88 Å². The van der Waals surface area contributed by atoms with E-state index in [0.717, 1.165) is 42.4 Å². The van der Waals surface area contributed by atoms with E-state index in [-0.39, 0.29) is 5.91 Å². The van der Waals surface area contributed by atoms with E-state index in [1.807, 2.05) is 36.1 Å². The summed E-state index contributed by atoms with van der Waals surface area (Å²) in [6, 6.07) is 14.2. The van der Waals surface area contributed by atoms with Gasteiger partial charge in [-0.1, -0.05) is 35.1 Å². The standard InChI is InChI=1S/C20H21N3OS/c1-14-3-6-16(7-4-14)19(24)22-9-11-23(12-10-22)20-21-17-8-5-15(2)13-18(17)25-20/h3-8,13H,9-12H2,1-2H3. The van der Waals surface area contributed by atoms with Gasteiger partial charge in [0.2, 0.25) is 0 Å². The van der Waals surface area contributed by atoms with E-state index in [9.17, 15) is 4.79 Å². The molecule has 0 radical (unpaired) electrons. The van der Waals surface area contributed by atoms with Crippen LogP contribution < -0.4 is 4.90 Å². The lowest BCUT2D eigenvalue weighted by molar-refractivity contribution is 0.0747. The minimum atomic E-state index is 0.125. The van der Waals surface area contributed by atoms with Crippen LogP contribution in [0.3, 0.4) is 0 Å². The summed E-state index contributed by atoms with van der Waals surface area (Å²) in [7, 11) is 0. The van der Waals surface area contributed by atoms with Crippen molar-refractivity contribution in [2.24, 2.45) is 0 Å². The molecule has 0 spiro atoms. The first-order chi connectivity index (χ1) is 12.1. The van der Waals surface area contributed by atoms with Crippen LogP contribution in [-0.4, -0.2) is 42.0 Å². The van der Waals surface area contributed by atoms with Crippen LogP contribution in [0.2, 0.25) is 0 Å². The predicted molar refractivity (Wildman–Crippen MR) is 104 cm³/mol. The fraction of sp³-hybridized carbons (Fsp3) is 0.300. The summed E-state index contributed by atoms with van der Waals surface area (Å²) in [5, 5.41) is 1.06. The van der Waals surface area contributed by atoms with Gasteiger partial charge in [-0.25, -0.2) is 4.98 Å². The van der Waals surface area contributed by atoms with Gasteiger partial charge in [0.15, 0.2) is 5.13 Å². The van der Waals surface area contributed by atoms with Crippen molar-refractivity contribution in [2.75, 3.05) is 31.1 Å². The number of rotatable bonds is 2. The first kappa shape index (κ1) is 16.1. The molecule has 4 nitrogen and oxygen atoms in total. The fourth-order valence-corrected chi connectivity index (χ4v) is 4.25. The average Bonchev–Trinajstić information content (AvgIpc) is 3.05. The van der Waals surface area contributed by atoms with Gasteiger partial charge in [0.25, 0.3) is 5.91 Å². The topological polar surface area (TPSA) is 36.4 Å². The van der Waals surface area contributed by atoms with Gasteiger partial charge in [0.1, 0.15) is 0 Å². The highest BCUT2D eigenvalue weighted by atomic mass is 32.1. The summed E-state index contributed by atoms with van der Waals surface area (Å²) in [5.74, 6) is 0.125. The molecule has 3 aromatic rings. The van der Waals surface area contributed by atoms with Gasteiger partial charge in [-0.2, -0.15) is 0 Å². The van der Waals surface area contributed by atoms with E-state index >= 15 is 0 Å². The highest BCUT2D eigenvalue weighted by Gasteiger charge is 2.23. The number of piperazine rings is 1. The number of carbonyl (C=O) groups excluding carboxylic acids is 1. The monoisotopic (exact) mass is 351 g/mol. The molecule has 1 aromatic heterocycles. The number of amides is 1. The zero-order chi connectivity index (χ0) is 17.4. The Labute approximate surface area is 151 Å². The van der Waals surface area contributed by atoms with Crippen LogP contribution in [0, 0.1) is 13.8 Å². The molecular formula is C20H21N3OS. The highest BCUT2D eigenvalue weighted by Crippen LogP contribution is 2.30. The van der Waals surface area contributed by atoms with Gasteiger partial charge in [-0.05, 0) is 43.7 Å². The maximum absolute atomic E-state index is 12.6. The Morgan fingerprint density at radius 2 is 1.64 bits per heavy atom. The Morgan fingerprint density at radius 3 is 2.36 bits per heavy atom. The second-order valence-corrected chi connectivity index (χ2v) is 7.62. The summed E-state index contributed by atoms with van der Waals surface area (Å²) in [4.78, 5) is 21.6. The highest BCUT2D eigenvalue weighted by molar-refractivity contribution is 7.22. The lowest BCUT2D eigenvalue weighted by Gasteiger charge is -2.34. The number of aryl methyl sites for hydroxylation is 2. The lowest BCUT2D eigenvalue weighted by atomic mass is 10.1. The quantitative estimate of drug-likeness (QED) is 0.703. The Kier molecular flexibility index (Phi) is 4.17. The number of carbonyl (C=O) groups is 1. The second kappa shape index (κ2) is 6.48. The van der Waals surface area contributed by atoms with Crippen LogP contribution in [0.15, 0.2) is 42.5 Å². The Bertz CT molecular complexity index is 908. The van der Waals surface area contributed by atoms with Gasteiger partial charge in [0, 0.05) is 31.7 Å². The largest absolute Gasteiger partial charge is 0.345 e. The molecule has 0 bridgehead atoms. The van der Waals surface area contributed by atoms with Gasteiger partial charge >= 0.3 is 0 Å². The molecule has 1 fully saturated rings. The molecule has 2 aromatic carbocycles. The van der Waals surface area contributed by atoms with E-state index < -0.39 is 0 Å². The van der Waals surface area contributed by atoms with E-state index in [1.165, 1.54) is 15.8 Å². The van der Waals surface area contributed by atoms with Crippen molar-refractivity contribution < 1.29 is 4.79 Å². The Hall–Kier alpha value is -2.40. The van der Waals surface area contributed by atoms with Crippen LogP contribution in [0.5, 0.6) is 0 Å². The lowest BCUT2D eigenvalue weighted by Crippen LogP contribution is -2.48. The van der Waals surface area contributed by atoms with Crippen molar-refractivity contribution in [1.29, 1.82) is 0 Å². The maximum Gasteiger partial charge on any atom is 0.253 e. The molecule has 25 heavy (non-hydrogen) atoms. The first-order valence-corrected chi connectivity index (χ1v) is 9.40. The molecule has 0 N–H and O–H groups in total. The Morgan fingerprint density at radius 1 is 0.960 bits per heavy atom. The molecule has 0 aliphatic carbocycles. The van der Waals surface area contributed by atoms with Crippen molar-refractivity contribution in [3.8, 4) is 0 Å². The third kappa shape index (κ3) is 3.24. The smallest absolute Gasteiger partial charge is 0.253 e. The molecular weight excluding hydrogens is 330 g/mol. The average molecular weight is 351 g/mol. The molecule has 1 aliphatic heterocycles. The molecule has 1 aliphatic rings. The molecule has 2 heterocycles. The number of hydrogen-bond acceptors (Lipinski definition) is 4. The number of anilines is 1. The first-order valence-electron chi connectivity index (χ1n) is 8.58. The number of thiazole rings is 1. The molecule has 128 valence electrons. The number of benzene rings is 2. The summed E-state index contributed by atoms with van der Waals surface area (Å²) in [6.07, 6.45) is 0. The van der Waals surface area contributed by atoms with E-state index in [0.29, 0.717) is 0 Å². The van der Waals surface area contributed by atoms with Crippen molar-refractivity contribution in [2.45, 2.75) is 13.8 Å². The SMILES string of the molecule is Cc1ccc(C(=O)N2CCN(c3nc4ccc(C)cc4s3)CC2)cc1. The van der Waals surface area contributed by atoms with Gasteiger partial charge in [0.05, 0.1) is 10.2 Å². The number of fused-ring (bicyclic) bond motifs is 1. The van der Waals surface area contributed by atoms with E-state index in [1.54, 1.807) is 11.3 Å². The second-order valence-electron chi connectivity index (χ2n) is 6.61. The van der Waals surface area contributed by atoms with Crippen LogP contribution in [0.4, 0.5) is 5.13 Å². The van der Waals surface area contributed by atoms with Crippen LogP contribution in [0.1, 0.15) is 21.5 Å². The third-order valence-corrected chi connectivity index (χ3v) is 5.75. The van der Waals surface area contributed by atoms with E-state index in [2.05, 4.69) is 30.0 Å². The van der Waals surface area contributed by atoms with Crippen molar-refractivity contribution >= 4 is 32.6 Å². The number of hydrogen-bond donors (Lipinski definition) is 0. The number of nitrogens with zero attached hydrogens (tertiary/aromatic N) is 3. The van der Waals surface area contributed by atoms with Gasteiger partial charge in [-0.15, -0.1) is 0 Å². The maximum atomic E-state index is 12.6. The summed E-state index contributed by atoms with van der Waals surface area (Å²) in [5.41, 5.74) is 4.27. The van der Waals surface area contributed by atoms with Crippen LogP contribution in [-0.2, 0) is 0 Å². The Balaban J connectivity index is 1.45. The minimum Gasteiger partial charge on any atom is -0.345 e. The van der Waals surface area contributed by atoms with Gasteiger partial charge in [-0.3, -0.25) is 4.79 Å². The van der Waals surface area contributed by atoms with Crippen molar-refractivity contribution in [3.63, 3.8) is 0 Å². The molecule has 4 rings (SSSR count). The van der Waals surface area contributed by atoms with Gasteiger partial charge < -0.3 is 9.80 Å². The molecule has 1 amide bonds. The minimum absolute atomic E-state index is 0.125. The molecule has 1 saturated heterocycles. The number of aromatic nitrogens is 1. The zero-order valence-electron chi connectivity index (χ0n) is 14.5.